The van der Waals surface area contributed by atoms with Gasteiger partial charge >= 0.3 is 0 Å². The standard InChI is InChI=1S/C47H43BN2O4S2/c1-26-20-33-41-34(21-26)50(30-11-13-36-38(25-30)54-19-17-52-36)43-32-23-28(47(5,6)7)9-15-40(32)56-45(43)48(41)44-42(31-22-27(46(2,3)4)8-14-39(31)55-44)49(33)29-10-12-35-37(24-29)53-18-16-51-35/h8-15,20-25H,16-19H2,1-7H3. The first kappa shape index (κ1) is 34.2. The van der Waals surface area contributed by atoms with Gasteiger partial charge in [0.1, 0.15) is 26.4 Å². The first-order chi connectivity index (χ1) is 26.9. The third-order valence-corrected chi connectivity index (χ3v) is 14.1. The number of thiophene rings is 2. The van der Waals surface area contributed by atoms with Crippen LogP contribution in [0, 0.1) is 6.92 Å². The molecule has 0 saturated carbocycles. The maximum absolute atomic E-state index is 6.22. The Morgan fingerprint density at radius 2 is 0.946 bits per heavy atom. The van der Waals surface area contributed by atoms with Crippen LogP contribution in [0.4, 0.5) is 34.1 Å². The lowest BCUT2D eigenvalue weighted by atomic mass is 9.39. The monoisotopic (exact) mass is 774 g/mol. The minimum atomic E-state index is -0.000448. The van der Waals surface area contributed by atoms with Gasteiger partial charge in [0.2, 0.25) is 0 Å². The lowest BCUT2D eigenvalue weighted by Crippen LogP contribution is -2.59. The molecule has 9 heteroatoms. The summed E-state index contributed by atoms with van der Waals surface area (Å²) in [4.78, 5) is 5.03. The van der Waals surface area contributed by atoms with Gasteiger partial charge in [0.05, 0.1) is 22.7 Å². The summed E-state index contributed by atoms with van der Waals surface area (Å²) in [6.07, 6.45) is 0. The van der Waals surface area contributed by atoms with Crippen molar-refractivity contribution >= 4 is 98.7 Å². The van der Waals surface area contributed by atoms with Gasteiger partial charge in [0.25, 0.3) is 6.71 Å². The fraction of sp³-hybridized carbons (Fsp3) is 0.277. The van der Waals surface area contributed by atoms with Crippen molar-refractivity contribution in [3.8, 4) is 23.0 Å². The number of hydrogen-bond donors (Lipinski definition) is 0. The van der Waals surface area contributed by atoms with Crippen molar-refractivity contribution in [2.75, 3.05) is 36.2 Å². The highest BCUT2D eigenvalue weighted by molar-refractivity contribution is 7.40. The van der Waals surface area contributed by atoms with Gasteiger partial charge in [-0.05, 0) is 101 Å². The number of rotatable bonds is 2. The molecule has 4 aliphatic heterocycles. The van der Waals surface area contributed by atoms with E-state index in [9.17, 15) is 0 Å². The Morgan fingerprint density at radius 1 is 0.518 bits per heavy atom. The third-order valence-electron chi connectivity index (χ3n) is 11.7. The van der Waals surface area contributed by atoms with Crippen molar-refractivity contribution in [3.63, 3.8) is 0 Å². The Hall–Kier alpha value is -5.12. The van der Waals surface area contributed by atoms with Crippen LogP contribution >= 0.6 is 22.7 Å². The molecule has 0 radical (unpaired) electrons. The maximum Gasteiger partial charge on any atom is 0.277 e. The minimum absolute atomic E-state index is 0.000448. The van der Waals surface area contributed by atoms with Crippen LogP contribution in [0.3, 0.4) is 0 Å². The van der Waals surface area contributed by atoms with E-state index in [1.165, 1.54) is 74.6 Å². The molecule has 4 aliphatic rings. The number of fused-ring (bicyclic) bond motifs is 10. The fourth-order valence-corrected chi connectivity index (χ4v) is 11.6. The van der Waals surface area contributed by atoms with Crippen LogP contribution in [0.25, 0.3) is 20.2 Å². The van der Waals surface area contributed by atoms with E-state index in [-0.39, 0.29) is 17.5 Å². The van der Waals surface area contributed by atoms with Crippen LogP contribution in [-0.2, 0) is 10.8 Å². The van der Waals surface area contributed by atoms with Gasteiger partial charge in [-0.25, -0.2) is 0 Å². The molecule has 0 N–H and O–H groups in total. The summed E-state index contributed by atoms with van der Waals surface area (Å²) in [5.74, 6) is 3.16. The average Bonchev–Trinajstić information content (AvgIpc) is 3.75. The van der Waals surface area contributed by atoms with Crippen LogP contribution < -0.4 is 43.8 Å². The first-order valence-corrected chi connectivity index (χ1v) is 21.2. The normalized spacial score (nSPS) is 15.6. The van der Waals surface area contributed by atoms with Crippen molar-refractivity contribution in [3.05, 3.63) is 102 Å². The molecule has 280 valence electrons. The van der Waals surface area contributed by atoms with Crippen molar-refractivity contribution in [1.82, 2.24) is 0 Å². The summed E-state index contributed by atoms with van der Waals surface area (Å²) in [7, 11) is 0. The van der Waals surface area contributed by atoms with E-state index in [1.807, 2.05) is 22.7 Å². The zero-order valence-corrected chi connectivity index (χ0v) is 34.5. The molecule has 11 rings (SSSR count). The van der Waals surface area contributed by atoms with E-state index in [0.29, 0.717) is 26.4 Å². The number of benzene rings is 5. The largest absolute Gasteiger partial charge is 0.486 e. The Bertz CT molecular complexity index is 2610. The second kappa shape index (κ2) is 11.9. The molecule has 56 heavy (non-hydrogen) atoms. The molecule has 5 aromatic carbocycles. The molecular weight excluding hydrogens is 731 g/mol. The average molecular weight is 775 g/mol. The molecular formula is C47H43BN2O4S2. The highest BCUT2D eigenvalue weighted by Crippen LogP contribution is 2.52. The molecule has 0 fully saturated rings. The number of hydrogen-bond acceptors (Lipinski definition) is 8. The van der Waals surface area contributed by atoms with Gasteiger partial charge in [0.15, 0.2) is 23.0 Å². The van der Waals surface area contributed by atoms with E-state index in [2.05, 4.69) is 143 Å². The first-order valence-electron chi connectivity index (χ1n) is 19.6. The summed E-state index contributed by atoms with van der Waals surface area (Å²) in [6.45, 7) is 18.3. The van der Waals surface area contributed by atoms with Gasteiger partial charge in [-0.3, -0.25) is 0 Å². The summed E-state index contributed by atoms with van der Waals surface area (Å²) >= 11 is 3.88. The van der Waals surface area contributed by atoms with E-state index in [4.69, 9.17) is 18.9 Å². The summed E-state index contributed by atoms with van der Waals surface area (Å²) in [5, 5.41) is 2.57. The number of nitrogens with zero attached hydrogens (tertiary/aromatic N) is 2. The zero-order chi connectivity index (χ0) is 38.2. The molecule has 6 nitrogen and oxygen atoms in total. The molecule has 0 spiro atoms. The molecule has 0 aliphatic carbocycles. The summed E-state index contributed by atoms with van der Waals surface area (Å²) < 4.78 is 29.8. The van der Waals surface area contributed by atoms with Crippen LogP contribution in [0.5, 0.6) is 23.0 Å². The SMILES string of the molecule is Cc1cc2c3c(c1)N(c1ccc4c(c1)OCCO4)c1c(sc4ccc(C(C)(C)C)cc14)B3c1sc3ccc(C(C)(C)C)cc3c1N2c1ccc2c(c1)OCCO2. The molecule has 0 bridgehead atoms. The van der Waals surface area contributed by atoms with Crippen molar-refractivity contribution in [1.29, 1.82) is 0 Å². The van der Waals surface area contributed by atoms with Gasteiger partial charge in [-0.1, -0.05) is 53.7 Å². The van der Waals surface area contributed by atoms with Crippen LogP contribution in [-0.4, -0.2) is 33.1 Å². The molecule has 7 aromatic rings. The molecule has 6 heterocycles. The second-order valence-electron chi connectivity index (χ2n) is 17.5. The number of aryl methyl sites for hydroxylation is 1. The van der Waals surface area contributed by atoms with E-state index in [1.54, 1.807) is 0 Å². The number of ether oxygens (including phenoxy) is 4. The maximum atomic E-state index is 6.22. The molecule has 0 atom stereocenters. The molecule has 2 aromatic heterocycles. The third kappa shape index (κ3) is 5.06. The zero-order valence-electron chi connectivity index (χ0n) is 32.8. The van der Waals surface area contributed by atoms with Crippen molar-refractivity contribution < 1.29 is 18.9 Å². The summed E-state index contributed by atoms with van der Waals surface area (Å²) in [6, 6.07) is 31.9. The van der Waals surface area contributed by atoms with Crippen LogP contribution in [0.15, 0.2) is 84.9 Å². The quantitative estimate of drug-likeness (QED) is 0.163. The lowest BCUT2D eigenvalue weighted by Gasteiger charge is -2.42. The van der Waals surface area contributed by atoms with Gasteiger partial charge in [0, 0.05) is 53.2 Å². The Morgan fingerprint density at radius 3 is 1.38 bits per heavy atom. The van der Waals surface area contributed by atoms with E-state index in [0.717, 1.165) is 34.4 Å². The highest BCUT2D eigenvalue weighted by atomic mass is 32.1. The van der Waals surface area contributed by atoms with Crippen molar-refractivity contribution in [2.24, 2.45) is 0 Å². The predicted octanol–water partition coefficient (Wildman–Crippen LogP) is 10.6. The van der Waals surface area contributed by atoms with E-state index >= 15 is 0 Å². The van der Waals surface area contributed by atoms with Crippen molar-refractivity contribution in [2.45, 2.75) is 59.3 Å². The summed E-state index contributed by atoms with van der Waals surface area (Å²) in [5.41, 5.74) is 12.2. The molecule has 0 saturated heterocycles. The molecule has 0 unspecified atom stereocenters. The number of anilines is 6. The van der Waals surface area contributed by atoms with Crippen LogP contribution in [0.2, 0.25) is 0 Å². The Labute approximate surface area is 336 Å². The van der Waals surface area contributed by atoms with E-state index < -0.39 is 0 Å². The Balaban J connectivity index is 1.25. The smallest absolute Gasteiger partial charge is 0.277 e. The van der Waals surface area contributed by atoms with Crippen LogP contribution in [0.1, 0.15) is 58.2 Å². The molecule has 0 amide bonds. The van der Waals surface area contributed by atoms with Gasteiger partial charge < -0.3 is 28.7 Å². The highest BCUT2D eigenvalue weighted by Gasteiger charge is 2.47. The second-order valence-corrected chi connectivity index (χ2v) is 19.7. The minimum Gasteiger partial charge on any atom is -0.486 e. The van der Waals surface area contributed by atoms with Gasteiger partial charge in [-0.2, -0.15) is 0 Å². The lowest BCUT2D eigenvalue weighted by molar-refractivity contribution is 0.171. The van der Waals surface area contributed by atoms with Gasteiger partial charge in [-0.15, -0.1) is 22.7 Å². The fourth-order valence-electron chi connectivity index (χ4n) is 8.92. The topological polar surface area (TPSA) is 43.4 Å². The Kier molecular flexibility index (Phi) is 7.29. The predicted molar refractivity (Wildman–Crippen MR) is 235 cm³/mol.